The summed E-state index contributed by atoms with van der Waals surface area (Å²) in [7, 11) is 0. The van der Waals surface area contributed by atoms with Gasteiger partial charge in [0.2, 0.25) is 0 Å². The average Bonchev–Trinajstić information content (AvgIpc) is 2.43. The van der Waals surface area contributed by atoms with E-state index in [2.05, 4.69) is 17.3 Å². The van der Waals surface area contributed by atoms with Crippen LogP contribution in [0.25, 0.3) is 0 Å². The molecule has 0 fully saturated rings. The molecule has 1 aromatic rings. The molecule has 0 saturated heterocycles. The standard InChI is InChI=1S/C8H16N4/c1-3-10-5-7-6-11-12(4-2)8(7)9/h6,10H,3-5,9H2,1-2H3. The Kier molecular flexibility index (Phi) is 3.10. The van der Waals surface area contributed by atoms with E-state index in [4.69, 9.17) is 5.73 Å². The second-order valence-electron chi connectivity index (χ2n) is 2.65. The smallest absolute Gasteiger partial charge is 0.126 e. The Labute approximate surface area is 72.8 Å². The molecule has 0 atom stereocenters. The lowest BCUT2D eigenvalue weighted by molar-refractivity contribution is 0.668. The summed E-state index contributed by atoms with van der Waals surface area (Å²) in [6.07, 6.45) is 1.82. The third kappa shape index (κ3) is 1.76. The number of anilines is 1. The van der Waals surface area contributed by atoms with Crippen molar-refractivity contribution in [2.45, 2.75) is 26.9 Å². The van der Waals surface area contributed by atoms with E-state index in [1.165, 1.54) is 0 Å². The molecule has 68 valence electrons. The number of rotatable bonds is 4. The van der Waals surface area contributed by atoms with Crippen LogP contribution in [0.15, 0.2) is 6.20 Å². The molecule has 0 unspecified atom stereocenters. The number of nitrogens with one attached hydrogen (secondary N) is 1. The molecule has 0 saturated carbocycles. The lowest BCUT2D eigenvalue weighted by Gasteiger charge is -2.01. The zero-order chi connectivity index (χ0) is 8.97. The van der Waals surface area contributed by atoms with Gasteiger partial charge in [0.05, 0.1) is 6.20 Å². The fourth-order valence-corrected chi connectivity index (χ4v) is 1.08. The quantitative estimate of drug-likeness (QED) is 0.692. The van der Waals surface area contributed by atoms with Crippen LogP contribution in [0.3, 0.4) is 0 Å². The summed E-state index contributed by atoms with van der Waals surface area (Å²) in [5.41, 5.74) is 6.90. The van der Waals surface area contributed by atoms with Gasteiger partial charge in [0, 0.05) is 18.7 Å². The zero-order valence-electron chi connectivity index (χ0n) is 7.67. The third-order valence-corrected chi connectivity index (χ3v) is 1.83. The van der Waals surface area contributed by atoms with Gasteiger partial charge in [0.25, 0.3) is 0 Å². The minimum Gasteiger partial charge on any atom is -0.384 e. The highest BCUT2D eigenvalue weighted by Gasteiger charge is 2.03. The van der Waals surface area contributed by atoms with E-state index in [0.717, 1.165) is 31.0 Å². The summed E-state index contributed by atoms with van der Waals surface area (Å²) in [6.45, 7) is 6.69. The highest BCUT2D eigenvalue weighted by molar-refractivity contribution is 5.38. The molecule has 0 aromatic carbocycles. The zero-order valence-corrected chi connectivity index (χ0v) is 7.67. The topological polar surface area (TPSA) is 55.9 Å². The van der Waals surface area contributed by atoms with Gasteiger partial charge in [0.1, 0.15) is 5.82 Å². The van der Waals surface area contributed by atoms with Crippen LogP contribution in [0.2, 0.25) is 0 Å². The second-order valence-corrected chi connectivity index (χ2v) is 2.65. The number of aromatic nitrogens is 2. The van der Waals surface area contributed by atoms with Crippen LogP contribution in [0, 0.1) is 0 Å². The molecule has 1 rings (SSSR count). The SMILES string of the molecule is CCNCc1cnn(CC)c1N. The normalized spacial score (nSPS) is 10.5. The fraction of sp³-hybridized carbons (Fsp3) is 0.625. The molecule has 4 heteroatoms. The van der Waals surface area contributed by atoms with Crippen molar-refractivity contribution >= 4 is 5.82 Å². The van der Waals surface area contributed by atoms with Crippen molar-refractivity contribution in [1.29, 1.82) is 0 Å². The minimum absolute atomic E-state index is 0.776. The van der Waals surface area contributed by atoms with Gasteiger partial charge in [-0.3, -0.25) is 4.68 Å². The highest BCUT2D eigenvalue weighted by atomic mass is 15.3. The maximum Gasteiger partial charge on any atom is 0.126 e. The van der Waals surface area contributed by atoms with Gasteiger partial charge in [0.15, 0.2) is 0 Å². The summed E-state index contributed by atoms with van der Waals surface area (Å²) in [6, 6.07) is 0. The van der Waals surface area contributed by atoms with Crippen LogP contribution in [0.4, 0.5) is 5.82 Å². The molecule has 0 radical (unpaired) electrons. The summed E-state index contributed by atoms with van der Waals surface area (Å²) in [4.78, 5) is 0. The Balaban J connectivity index is 2.66. The molecule has 0 spiro atoms. The van der Waals surface area contributed by atoms with E-state index in [1.807, 2.05) is 13.1 Å². The molecule has 0 bridgehead atoms. The van der Waals surface area contributed by atoms with Gasteiger partial charge in [-0.2, -0.15) is 5.10 Å². The Hall–Kier alpha value is -1.03. The van der Waals surface area contributed by atoms with Gasteiger partial charge in [-0.15, -0.1) is 0 Å². The van der Waals surface area contributed by atoms with Crippen LogP contribution in [0.5, 0.6) is 0 Å². The average molecular weight is 168 g/mol. The molecular formula is C8H16N4. The van der Waals surface area contributed by atoms with Crippen LogP contribution >= 0.6 is 0 Å². The van der Waals surface area contributed by atoms with E-state index >= 15 is 0 Å². The molecule has 0 aliphatic heterocycles. The Bertz CT molecular complexity index is 241. The van der Waals surface area contributed by atoms with Crippen molar-refractivity contribution in [3.05, 3.63) is 11.8 Å². The number of nitrogen functional groups attached to an aromatic ring is 1. The molecule has 3 N–H and O–H groups in total. The van der Waals surface area contributed by atoms with E-state index in [1.54, 1.807) is 4.68 Å². The van der Waals surface area contributed by atoms with Crippen molar-refractivity contribution < 1.29 is 0 Å². The minimum atomic E-state index is 0.776. The maximum atomic E-state index is 5.82. The summed E-state index contributed by atoms with van der Waals surface area (Å²) >= 11 is 0. The Morgan fingerprint density at radius 3 is 2.83 bits per heavy atom. The number of hydrogen-bond acceptors (Lipinski definition) is 3. The fourth-order valence-electron chi connectivity index (χ4n) is 1.08. The maximum absolute atomic E-state index is 5.82. The predicted octanol–water partition coefficient (Wildman–Crippen LogP) is 0.595. The first kappa shape index (κ1) is 9.06. The molecule has 4 nitrogen and oxygen atoms in total. The number of nitrogens with two attached hydrogens (primary N) is 1. The lowest BCUT2D eigenvalue weighted by Crippen LogP contribution is -2.13. The van der Waals surface area contributed by atoms with E-state index < -0.39 is 0 Å². The van der Waals surface area contributed by atoms with Crippen molar-refractivity contribution in [2.75, 3.05) is 12.3 Å². The lowest BCUT2D eigenvalue weighted by atomic mass is 10.3. The van der Waals surface area contributed by atoms with E-state index in [9.17, 15) is 0 Å². The van der Waals surface area contributed by atoms with Crippen molar-refractivity contribution in [1.82, 2.24) is 15.1 Å². The first-order chi connectivity index (χ1) is 5.79. The second kappa shape index (κ2) is 4.11. The van der Waals surface area contributed by atoms with Gasteiger partial charge < -0.3 is 11.1 Å². The Morgan fingerprint density at radius 2 is 2.33 bits per heavy atom. The van der Waals surface area contributed by atoms with Crippen LogP contribution < -0.4 is 11.1 Å². The first-order valence-corrected chi connectivity index (χ1v) is 4.30. The Morgan fingerprint density at radius 1 is 1.58 bits per heavy atom. The van der Waals surface area contributed by atoms with Gasteiger partial charge in [-0.05, 0) is 13.5 Å². The highest BCUT2D eigenvalue weighted by Crippen LogP contribution is 2.09. The first-order valence-electron chi connectivity index (χ1n) is 4.30. The number of nitrogens with zero attached hydrogens (tertiary/aromatic N) is 2. The van der Waals surface area contributed by atoms with Gasteiger partial charge in [-0.25, -0.2) is 0 Å². The molecule has 0 aliphatic rings. The van der Waals surface area contributed by atoms with Crippen molar-refractivity contribution in [3.63, 3.8) is 0 Å². The molecule has 0 amide bonds. The molecule has 1 aromatic heterocycles. The largest absolute Gasteiger partial charge is 0.384 e. The van der Waals surface area contributed by atoms with E-state index in [0.29, 0.717) is 0 Å². The van der Waals surface area contributed by atoms with E-state index in [-0.39, 0.29) is 0 Å². The summed E-state index contributed by atoms with van der Waals surface area (Å²) < 4.78 is 1.80. The van der Waals surface area contributed by atoms with Crippen molar-refractivity contribution in [2.24, 2.45) is 0 Å². The molecule has 1 heterocycles. The van der Waals surface area contributed by atoms with Gasteiger partial charge >= 0.3 is 0 Å². The summed E-state index contributed by atoms with van der Waals surface area (Å²) in [5.74, 6) is 0.776. The molecule has 12 heavy (non-hydrogen) atoms. The van der Waals surface area contributed by atoms with Crippen LogP contribution in [-0.2, 0) is 13.1 Å². The van der Waals surface area contributed by atoms with Crippen LogP contribution in [-0.4, -0.2) is 16.3 Å². The predicted molar refractivity (Wildman–Crippen MR) is 49.7 cm³/mol. The monoisotopic (exact) mass is 168 g/mol. The van der Waals surface area contributed by atoms with Crippen LogP contribution in [0.1, 0.15) is 19.4 Å². The molecule has 0 aliphatic carbocycles. The van der Waals surface area contributed by atoms with Gasteiger partial charge in [-0.1, -0.05) is 6.92 Å². The third-order valence-electron chi connectivity index (χ3n) is 1.83. The summed E-state index contributed by atoms with van der Waals surface area (Å²) in [5, 5.41) is 7.35. The number of aryl methyl sites for hydroxylation is 1. The molecular weight excluding hydrogens is 152 g/mol. The number of hydrogen-bond donors (Lipinski definition) is 2. The van der Waals surface area contributed by atoms with Crippen molar-refractivity contribution in [3.8, 4) is 0 Å².